The first-order valence-electron chi connectivity index (χ1n) is 4.47. The van der Waals surface area contributed by atoms with Crippen molar-refractivity contribution in [2.24, 2.45) is 0 Å². The molecule has 6 nitrogen and oxygen atoms in total. The minimum absolute atomic E-state index is 0.0416. The van der Waals surface area contributed by atoms with Gasteiger partial charge in [0.05, 0.1) is 5.69 Å². The van der Waals surface area contributed by atoms with Gasteiger partial charge in [0.1, 0.15) is 5.56 Å². The average Bonchev–Trinajstić information content (AvgIpc) is 2.70. The zero-order valence-corrected chi connectivity index (χ0v) is 7.46. The maximum atomic E-state index is 11.1. The van der Waals surface area contributed by atoms with Crippen LogP contribution in [0.2, 0.25) is 0 Å². The molecule has 1 aliphatic rings. The summed E-state index contributed by atoms with van der Waals surface area (Å²) in [6.07, 6.45) is 1.85. The molecule has 0 aromatic carbocycles. The van der Waals surface area contributed by atoms with E-state index in [2.05, 4.69) is 15.5 Å². The van der Waals surface area contributed by atoms with Crippen molar-refractivity contribution in [3.8, 4) is 0 Å². The van der Waals surface area contributed by atoms with Crippen LogP contribution in [-0.2, 0) is 0 Å². The predicted octanol–water partition coefficient (Wildman–Crippen LogP) is -0.174. The molecule has 2 heterocycles. The summed E-state index contributed by atoms with van der Waals surface area (Å²) in [7, 11) is 0. The van der Waals surface area contributed by atoms with Crippen molar-refractivity contribution in [2.75, 3.05) is 6.54 Å². The van der Waals surface area contributed by atoms with Gasteiger partial charge in [0, 0.05) is 6.04 Å². The van der Waals surface area contributed by atoms with Gasteiger partial charge in [-0.1, -0.05) is 0 Å². The second kappa shape index (κ2) is 3.30. The van der Waals surface area contributed by atoms with Crippen molar-refractivity contribution in [2.45, 2.75) is 18.9 Å². The van der Waals surface area contributed by atoms with Crippen LogP contribution in [-0.4, -0.2) is 27.8 Å². The molecule has 14 heavy (non-hydrogen) atoms. The van der Waals surface area contributed by atoms with Crippen molar-refractivity contribution >= 4 is 5.97 Å². The molecule has 4 N–H and O–H groups in total. The molecule has 1 aromatic rings. The molecule has 76 valence electrons. The highest BCUT2D eigenvalue weighted by molar-refractivity contribution is 5.88. The Labute approximate surface area is 79.3 Å². The highest BCUT2D eigenvalue weighted by Crippen LogP contribution is 2.22. The number of carbonyl (C=O) groups is 1. The lowest BCUT2D eigenvalue weighted by atomic mass is 10.1. The monoisotopic (exact) mass is 197 g/mol. The van der Waals surface area contributed by atoms with Gasteiger partial charge in [-0.25, -0.2) is 4.79 Å². The van der Waals surface area contributed by atoms with E-state index in [4.69, 9.17) is 5.11 Å². The van der Waals surface area contributed by atoms with Crippen LogP contribution in [0.15, 0.2) is 4.79 Å². The highest BCUT2D eigenvalue weighted by atomic mass is 16.4. The number of hydrogen-bond donors (Lipinski definition) is 4. The lowest BCUT2D eigenvalue weighted by Gasteiger charge is -2.07. The first kappa shape index (κ1) is 9.01. The van der Waals surface area contributed by atoms with Crippen molar-refractivity contribution in [3.63, 3.8) is 0 Å². The Kier molecular flexibility index (Phi) is 2.12. The fourth-order valence-electron chi connectivity index (χ4n) is 1.78. The molecule has 1 fully saturated rings. The second-order valence-corrected chi connectivity index (χ2v) is 3.32. The lowest BCUT2D eigenvalue weighted by Crippen LogP contribution is -2.19. The van der Waals surface area contributed by atoms with Crippen LogP contribution in [0.25, 0.3) is 0 Å². The van der Waals surface area contributed by atoms with Crippen LogP contribution >= 0.6 is 0 Å². The van der Waals surface area contributed by atoms with Gasteiger partial charge in [-0.05, 0) is 19.4 Å². The average molecular weight is 197 g/mol. The molecule has 0 aliphatic carbocycles. The molecule has 1 atom stereocenters. The van der Waals surface area contributed by atoms with Crippen molar-refractivity contribution < 1.29 is 9.90 Å². The summed E-state index contributed by atoms with van der Waals surface area (Å²) in [6, 6.07) is -0.0416. The fourth-order valence-corrected chi connectivity index (χ4v) is 1.78. The molecule has 2 rings (SSSR count). The maximum Gasteiger partial charge on any atom is 0.343 e. The third-order valence-corrected chi connectivity index (χ3v) is 2.43. The van der Waals surface area contributed by atoms with Gasteiger partial charge in [-0.3, -0.25) is 15.0 Å². The quantitative estimate of drug-likeness (QED) is 0.529. The minimum Gasteiger partial charge on any atom is -0.477 e. The Morgan fingerprint density at radius 1 is 1.43 bits per heavy atom. The van der Waals surface area contributed by atoms with Crippen LogP contribution in [0.4, 0.5) is 0 Å². The summed E-state index contributed by atoms with van der Waals surface area (Å²) in [5.41, 5.74) is -0.286. The first-order chi connectivity index (χ1) is 6.70. The standard InChI is InChI=1S/C8H11N3O3/c12-7-5(8(13)14)6(10-11-7)4-2-1-3-9-4/h4,9H,1-3H2,(H,13,14)(H2,10,11,12)/t4-/m0/s1. The van der Waals surface area contributed by atoms with Crippen LogP contribution in [0.3, 0.4) is 0 Å². The van der Waals surface area contributed by atoms with E-state index < -0.39 is 11.5 Å². The molecular weight excluding hydrogens is 186 g/mol. The molecule has 6 heteroatoms. The summed E-state index contributed by atoms with van der Waals surface area (Å²) in [6.45, 7) is 0.858. The number of H-pyrrole nitrogens is 2. The van der Waals surface area contributed by atoms with E-state index >= 15 is 0 Å². The Hall–Kier alpha value is -1.56. The predicted molar refractivity (Wildman–Crippen MR) is 48.4 cm³/mol. The fraction of sp³-hybridized carbons (Fsp3) is 0.500. The third kappa shape index (κ3) is 1.33. The smallest absolute Gasteiger partial charge is 0.343 e. The minimum atomic E-state index is -1.18. The molecule has 1 saturated heterocycles. The summed E-state index contributed by atoms with van der Waals surface area (Å²) < 4.78 is 0. The molecule has 0 spiro atoms. The van der Waals surface area contributed by atoms with Gasteiger partial charge in [0.2, 0.25) is 0 Å². The molecule has 1 aliphatic heterocycles. The largest absolute Gasteiger partial charge is 0.477 e. The van der Waals surface area contributed by atoms with Gasteiger partial charge in [-0.15, -0.1) is 0 Å². The Balaban J connectivity index is 2.42. The number of nitrogens with one attached hydrogen (secondary N) is 3. The lowest BCUT2D eigenvalue weighted by molar-refractivity contribution is 0.0693. The van der Waals surface area contributed by atoms with E-state index in [-0.39, 0.29) is 11.6 Å². The maximum absolute atomic E-state index is 11.1. The molecule has 0 unspecified atom stereocenters. The molecule has 0 amide bonds. The van der Waals surface area contributed by atoms with E-state index in [9.17, 15) is 9.59 Å². The topological polar surface area (TPSA) is 98.0 Å². The number of carboxylic acid groups (broad SMARTS) is 1. The first-order valence-corrected chi connectivity index (χ1v) is 4.47. The zero-order valence-electron chi connectivity index (χ0n) is 7.46. The van der Waals surface area contributed by atoms with Crippen LogP contribution in [0.5, 0.6) is 0 Å². The SMILES string of the molecule is O=C(O)c1c([C@@H]2CCCN2)[nH][nH]c1=O. The van der Waals surface area contributed by atoms with E-state index in [0.717, 1.165) is 19.4 Å². The Morgan fingerprint density at radius 2 is 2.21 bits per heavy atom. The highest BCUT2D eigenvalue weighted by Gasteiger charge is 2.26. The van der Waals surface area contributed by atoms with E-state index in [1.165, 1.54) is 0 Å². The van der Waals surface area contributed by atoms with E-state index in [1.54, 1.807) is 0 Å². The number of hydrogen-bond acceptors (Lipinski definition) is 3. The molecule has 0 bridgehead atoms. The van der Waals surface area contributed by atoms with Gasteiger partial charge < -0.3 is 10.4 Å². The number of carboxylic acids is 1. The summed E-state index contributed by atoms with van der Waals surface area (Å²) in [4.78, 5) is 21.9. The van der Waals surface area contributed by atoms with Crippen molar-refractivity contribution in [1.29, 1.82) is 0 Å². The molecule has 0 saturated carbocycles. The third-order valence-electron chi connectivity index (χ3n) is 2.43. The van der Waals surface area contributed by atoms with Crippen molar-refractivity contribution in [1.82, 2.24) is 15.5 Å². The Morgan fingerprint density at radius 3 is 2.79 bits per heavy atom. The van der Waals surface area contributed by atoms with Gasteiger partial charge in [0.25, 0.3) is 5.56 Å². The van der Waals surface area contributed by atoms with Crippen LogP contribution in [0.1, 0.15) is 34.9 Å². The summed E-state index contributed by atoms with van der Waals surface area (Å²) in [5.74, 6) is -1.18. The summed E-state index contributed by atoms with van der Waals surface area (Å²) >= 11 is 0. The summed E-state index contributed by atoms with van der Waals surface area (Å²) in [5, 5.41) is 16.9. The van der Waals surface area contributed by atoms with Gasteiger partial charge in [0.15, 0.2) is 0 Å². The number of aromatic amines is 2. The normalized spacial score (nSPS) is 21.3. The van der Waals surface area contributed by atoms with Crippen molar-refractivity contribution in [3.05, 3.63) is 21.6 Å². The van der Waals surface area contributed by atoms with E-state index in [1.807, 2.05) is 0 Å². The van der Waals surface area contributed by atoms with Crippen LogP contribution in [0, 0.1) is 0 Å². The molecule has 1 aromatic heterocycles. The molecular formula is C8H11N3O3. The number of aromatic nitrogens is 2. The van der Waals surface area contributed by atoms with E-state index in [0.29, 0.717) is 5.69 Å². The number of rotatable bonds is 2. The second-order valence-electron chi connectivity index (χ2n) is 3.32. The zero-order chi connectivity index (χ0) is 10.1. The van der Waals surface area contributed by atoms with Gasteiger partial charge in [-0.2, -0.15) is 0 Å². The van der Waals surface area contributed by atoms with Gasteiger partial charge >= 0.3 is 5.97 Å². The van der Waals surface area contributed by atoms with Crippen LogP contribution < -0.4 is 10.9 Å². The molecule has 0 radical (unpaired) electrons. The number of aromatic carboxylic acids is 1. The Bertz CT molecular complexity index is 400.